The lowest BCUT2D eigenvalue weighted by Gasteiger charge is -2.34. The van der Waals surface area contributed by atoms with E-state index in [0.717, 1.165) is 25.1 Å². The molecule has 2 rings (SSSR count). The molecule has 2 N–H and O–H groups in total. The van der Waals surface area contributed by atoms with Gasteiger partial charge in [-0.2, -0.15) is 5.10 Å². The molecule has 1 saturated carbocycles. The molecule has 0 radical (unpaired) electrons. The third-order valence-electron chi connectivity index (χ3n) is 3.28. The van der Waals surface area contributed by atoms with Gasteiger partial charge in [-0.05, 0) is 26.7 Å². The van der Waals surface area contributed by atoms with Gasteiger partial charge in [0, 0.05) is 31.0 Å². The molecule has 0 unspecified atom stereocenters. The Morgan fingerprint density at radius 3 is 2.73 bits per heavy atom. The van der Waals surface area contributed by atoms with Crippen molar-refractivity contribution in [1.82, 2.24) is 15.5 Å². The maximum atomic E-state index is 5.24. The minimum absolute atomic E-state index is 0.467. The highest BCUT2D eigenvalue weighted by Gasteiger charge is 2.28. The molecule has 0 spiro atoms. The van der Waals surface area contributed by atoms with Gasteiger partial charge in [0.2, 0.25) is 0 Å². The summed E-state index contributed by atoms with van der Waals surface area (Å²) >= 11 is 0. The lowest BCUT2D eigenvalue weighted by atomic mass is 9.89. The van der Waals surface area contributed by atoms with Crippen LogP contribution in [0, 0.1) is 13.8 Å². The summed E-state index contributed by atoms with van der Waals surface area (Å²) in [7, 11) is 1.78. The number of H-pyrrole nitrogens is 1. The molecule has 0 bridgehead atoms. The summed E-state index contributed by atoms with van der Waals surface area (Å²) in [5.74, 6) is 0. The Balaban J connectivity index is 1.79. The van der Waals surface area contributed by atoms with E-state index in [2.05, 4.69) is 22.4 Å². The summed E-state index contributed by atoms with van der Waals surface area (Å²) < 4.78 is 5.24. The summed E-state index contributed by atoms with van der Waals surface area (Å²) in [6.45, 7) is 5.02. The van der Waals surface area contributed by atoms with Gasteiger partial charge in [0.05, 0.1) is 11.8 Å². The van der Waals surface area contributed by atoms with Crippen molar-refractivity contribution in [3.05, 3.63) is 17.0 Å². The third-order valence-corrected chi connectivity index (χ3v) is 3.28. The topological polar surface area (TPSA) is 49.9 Å². The maximum absolute atomic E-state index is 5.24. The number of rotatable bonds is 4. The first-order chi connectivity index (χ1) is 7.20. The fraction of sp³-hybridized carbons (Fsp3) is 0.727. The molecule has 1 fully saturated rings. The van der Waals surface area contributed by atoms with E-state index < -0.39 is 0 Å². The molecule has 1 aliphatic rings. The van der Waals surface area contributed by atoms with E-state index in [4.69, 9.17) is 4.74 Å². The van der Waals surface area contributed by atoms with Crippen molar-refractivity contribution in [2.24, 2.45) is 0 Å². The van der Waals surface area contributed by atoms with Crippen molar-refractivity contribution in [3.8, 4) is 0 Å². The van der Waals surface area contributed by atoms with Crippen molar-refractivity contribution in [3.63, 3.8) is 0 Å². The maximum Gasteiger partial charge on any atom is 0.0638 e. The molecular weight excluding hydrogens is 190 g/mol. The second-order valence-electron chi connectivity index (χ2n) is 4.32. The molecule has 15 heavy (non-hydrogen) atoms. The molecule has 1 aliphatic carbocycles. The number of aromatic amines is 1. The van der Waals surface area contributed by atoms with Crippen molar-refractivity contribution in [1.29, 1.82) is 0 Å². The number of aromatic nitrogens is 2. The average Bonchev–Trinajstić information content (AvgIpc) is 2.46. The van der Waals surface area contributed by atoms with Gasteiger partial charge in [0.15, 0.2) is 0 Å². The zero-order valence-corrected chi connectivity index (χ0v) is 9.63. The standard InChI is InChI=1S/C11H19N3O/c1-7-11(8(2)14-13-7)6-12-9-4-10(5-9)15-3/h9-10,12H,4-6H2,1-3H3,(H,13,14). The van der Waals surface area contributed by atoms with Crippen molar-refractivity contribution < 1.29 is 4.74 Å². The van der Waals surface area contributed by atoms with E-state index in [1.165, 1.54) is 11.3 Å². The van der Waals surface area contributed by atoms with E-state index in [9.17, 15) is 0 Å². The molecule has 0 atom stereocenters. The monoisotopic (exact) mass is 209 g/mol. The van der Waals surface area contributed by atoms with E-state index >= 15 is 0 Å². The average molecular weight is 209 g/mol. The highest BCUT2D eigenvalue weighted by molar-refractivity contribution is 5.22. The first kappa shape index (κ1) is 10.6. The summed E-state index contributed by atoms with van der Waals surface area (Å²) in [5.41, 5.74) is 3.57. The number of nitrogens with zero attached hydrogens (tertiary/aromatic N) is 1. The fourth-order valence-electron chi connectivity index (χ4n) is 2.01. The van der Waals surface area contributed by atoms with Crippen LogP contribution in [0.1, 0.15) is 29.8 Å². The summed E-state index contributed by atoms with van der Waals surface area (Å²) in [4.78, 5) is 0. The normalized spacial score (nSPS) is 25.3. The van der Waals surface area contributed by atoms with Crippen LogP contribution in [-0.4, -0.2) is 29.5 Å². The Hall–Kier alpha value is -0.870. The second kappa shape index (κ2) is 4.33. The van der Waals surface area contributed by atoms with Crippen LogP contribution in [-0.2, 0) is 11.3 Å². The lowest BCUT2D eigenvalue weighted by Crippen LogP contribution is -2.44. The van der Waals surface area contributed by atoms with Crippen LogP contribution in [0.4, 0.5) is 0 Å². The minimum atomic E-state index is 0.467. The number of methoxy groups -OCH3 is 1. The zero-order chi connectivity index (χ0) is 10.8. The van der Waals surface area contributed by atoms with Gasteiger partial charge in [-0.1, -0.05) is 0 Å². The van der Waals surface area contributed by atoms with Gasteiger partial charge in [-0.15, -0.1) is 0 Å². The SMILES string of the molecule is COC1CC(NCc2c(C)n[nH]c2C)C1. The zero-order valence-electron chi connectivity index (χ0n) is 9.63. The van der Waals surface area contributed by atoms with Crippen molar-refractivity contribution >= 4 is 0 Å². The van der Waals surface area contributed by atoms with Gasteiger partial charge >= 0.3 is 0 Å². The third kappa shape index (κ3) is 2.21. The number of ether oxygens (including phenoxy) is 1. The van der Waals surface area contributed by atoms with Gasteiger partial charge in [0.25, 0.3) is 0 Å². The molecule has 1 aromatic heterocycles. The molecule has 4 heteroatoms. The molecule has 0 saturated heterocycles. The summed E-state index contributed by atoms with van der Waals surface area (Å²) in [6.07, 6.45) is 2.73. The summed E-state index contributed by atoms with van der Waals surface area (Å²) in [6, 6.07) is 0.614. The van der Waals surface area contributed by atoms with E-state index in [0.29, 0.717) is 12.1 Å². The Labute approximate surface area is 90.4 Å². The van der Waals surface area contributed by atoms with Crippen LogP contribution >= 0.6 is 0 Å². The fourth-order valence-corrected chi connectivity index (χ4v) is 2.01. The Bertz CT molecular complexity index is 309. The Morgan fingerprint density at radius 2 is 2.20 bits per heavy atom. The van der Waals surface area contributed by atoms with E-state index in [-0.39, 0.29) is 0 Å². The predicted octanol–water partition coefficient (Wildman–Crippen LogP) is 1.29. The largest absolute Gasteiger partial charge is 0.381 e. The molecule has 4 nitrogen and oxygen atoms in total. The number of aryl methyl sites for hydroxylation is 2. The second-order valence-corrected chi connectivity index (χ2v) is 4.32. The molecule has 0 amide bonds. The molecule has 0 aliphatic heterocycles. The molecular formula is C11H19N3O. The van der Waals surface area contributed by atoms with Crippen LogP contribution in [0.5, 0.6) is 0 Å². The molecule has 84 valence electrons. The van der Waals surface area contributed by atoms with Crippen LogP contribution in [0.25, 0.3) is 0 Å². The van der Waals surface area contributed by atoms with Gasteiger partial charge in [0.1, 0.15) is 0 Å². The number of hydrogen-bond acceptors (Lipinski definition) is 3. The van der Waals surface area contributed by atoms with Crippen LogP contribution < -0.4 is 5.32 Å². The highest BCUT2D eigenvalue weighted by atomic mass is 16.5. The van der Waals surface area contributed by atoms with Gasteiger partial charge in [-0.3, -0.25) is 5.10 Å². The van der Waals surface area contributed by atoms with Crippen molar-refractivity contribution in [2.45, 2.75) is 45.4 Å². The predicted molar refractivity (Wildman–Crippen MR) is 58.7 cm³/mol. The first-order valence-corrected chi connectivity index (χ1v) is 5.47. The quantitative estimate of drug-likeness (QED) is 0.785. The number of hydrogen-bond donors (Lipinski definition) is 2. The van der Waals surface area contributed by atoms with E-state index in [1.807, 2.05) is 6.92 Å². The highest BCUT2D eigenvalue weighted by Crippen LogP contribution is 2.23. The molecule has 0 aromatic carbocycles. The van der Waals surface area contributed by atoms with Crippen LogP contribution in [0.2, 0.25) is 0 Å². The van der Waals surface area contributed by atoms with Gasteiger partial charge in [-0.25, -0.2) is 0 Å². The van der Waals surface area contributed by atoms with Crippen LogP contribution in [0.15, 0.2) is 0 Å². The summed E-state index contributed by atoms with van der Waals surface area (Å²) in [5, 5.41) is 10.7. The molecule has 1 aromatic rings. The van der Waals surface area contributed by atoms with Crippen molar-refractivity contribution in [2.75, 3.05) is 7.11 Å². The minimum Gasteiger partial charge on any atom is -0.381 e. The van der Waals surface area contributed by atoms with Crippen LogP contribution in [0.3, 0.4) is 0 Å². The van der Waals surface area contributed by atoms with E-state index in [1.54, 1.807) is 7.11 Å². The Kier molecular flexibility index (Phi) is 3.07. The smallest absolute Gasteiger partial charge is 0.0638 e. The molecule has 1 heterocycles. The Morgan fingerprint density at radius 1 is 1.47 bits per heavy atom. The first-order valence-electron chi connectivity index (χ1n) is 5.47. The lowest BCUT2D eigenvalue weighted by molar-refractivity contribution is 0.0170. The van der Waals surface area contributed by atoms with Gasteiger partial charge < -0.3 is 10.1 Å². The number of nitrogens with one attached hydrogen (secondary N) is 2.